The number of aliphatic imine (C=N–C) groups is 1. The molecule has 0 bridgehead atoms. The largest absolute Gasteiger partial charge is 0.534 e. The molecule has 1 aromatic carbocycles. The zero-order valence-corrected chi connectivity index (χ0v) is 19.8. The average molecular weight is 432 g/mol. The minimum absolute atomic E-state index is 0.0204. The van der Waals surface area contributed by atoms with Gasteiger partial charge in [0.1, 0.15) is 11.6 Å². The van der Waals surface area contributed by atoms with E-state index in [0.717, 1.165) is 12.8 Å². The molecule has 1 aliphatic rings. The van der Waals surface area contributed by atoms with E-state index in [2.05, 4.69) is 17.1 Å². The molecule has 0 radical (unpaired) electrons. The van der Waals surface area contributed by atoms with Gasteiger partial charge in [-0.2, -0.15) is 5.06 Å². The lowest BCUT2D eigenvalue weighted by atomic mass is 9.98. The molecule has 1 aromatic rings. The summed E-state index contributed by atoms with van der Waals surface area (Å²) in [6.07, 6.45) is 1.49. The highest BCUT2D eigenvalue weighted by molar-refractivity contribution is 5.97. The molecule has 1 saturated heterocycles. The zero-order valence-electron chi connectivity index (χ0n) is 19.8. The van der Waals surface area contributed by atoms with Gasteiger partial charge in [-0.15, -0.1) is 0 Å². The fourth-order valence-corrected chi connectivity index (χ4v) is 3.51. The second-order valence-electron chi connectivity index (χ2n) is 9.28. The van der Waals surface area contributed by atoms with E-state index < -0.39 is 17.8 Å². The first-order valence-electron chi connectivity index (χ1n) is 11.2. The molecule has 0 aromatic heterocycles. The number of Topliss-reactive ketones (excluding diaryl/α,β-unsaturated/α-hetero) is 1. The van der Waals surface area contributed by atoms with Gasteiger partial charge in [0.25, 0.3) is 0 Å². The number of rotatable bonds is 8. The molecule has 1 atom stereocenters. The monoisotopic (exact) mass is 431 g/mol. The Kier molecular flexibility index (Phi) is 8.89. The molecule has 0 saturated carbocycles. The molecule has 1 heterocycles. The molecule has 1 aliphatic heterocycles. The van der Waals surface area contributed by atoms with Gasteiger partial charge in [-0.25, -0.2) is 4.79 Å². The van der Waals surface area contributed by atoms with E-state index in [1.165, 1.54) is 10.6 Å². The van der Waals surface area contributed by atoms with E-state index in [1.807, 2.05) is 43.9 Å². The van der Waals surface area contributed by atoms with Gasteiger partial charge < -0.3 is 14.5 Å². The number of carbonyl (C=O) groups is 2. The molecular formula is C24H37N3O4. The number of aryl methyl sites for hydroxylation is 1. The lowest BCUT2D eigenvalue weighted by Gasteiger charge is -2.41. The predicted molar refractivity (Wildman–Crippen MR) is 122 cm³/mol. The van der Waals surface area contributed by atoms with Gasteiger partial charge in [-0.3, -0.25) is 9.79 Å². The van der Waals surface area contributed by atoms with Crippen molar-refractivity contribution in [3.05, 3.63) is 35.9 Å². The second-order valence-corrected chi connectivity index (χ2v) is 9.28. The molecule has 0 unspecified atom stereocenters. The van der Waals surface area contributed by atoms with Crippen LogP contribution in [0.5, 0.6) is 0 Å². The van der Waals surface area contributed by atoms with Crippen molar-refractivity contribution in [2.75, 3.05) is 19.6 Å². The summed E-state index contributed by atoms with van der Waals surface area (Å²) in [6.45, 7) is 12.8. The van der Waals surface area contributed by atoms with Crippen LogP contribution in [-0.4, -0.2) is 59.1 Å². The summed E-state index contributed by atoms with van der Waals surface area (Å²) in [5.74, 6) is 0.796. The van der Waals surface area contributed by atoms with Crippen LogP contribution in [0.1, 0.15) is 59.9 Å². The molecule has 7 nitrogen and oxygen atoms in total. The van der Waals surface area contributed by atoms with Gasteiger partial charge in [-0.05, 0) is 58.4 Å². The van der Waals surface area contributed by atoms with Gasteiger partial charge in [0.15, 0.2) is 5.78 Å². The molecule has 0 aliphatic carbocycles. The van der Waals surface area contributed by atoms with Crippen molar-refractivity contribution < 1.29 is 19.2 Å². The molecule has 0 N–H and O–H groups in total. The van der Waals surface area contributed by atoms with Crippen molar-refractivity contribution in [1.82, 2.24) is 9.96 Å². The number of hydrogen-bond acceptors (Lipinski definition) is 5. The molecule has 0 spiro atoms. The third-order valence-corrected chi connectivity index (χ3v) is 4.77. The van der Waals surface area contributed by atoms with Crippen molar-refractivity contribution in [1.29, 1.82) is 0 Å². The van der Waals surface area contributed by atoms with Crippen LogP contribution in [0, 0.1) is 5.92 Å². The number of hydrogen-bond donors (Lipinski definition) is 0. The molecule has 1 fully saturated rings. The fourth-order valence-electron chi connectivity index (χ4n) is 3.51. The van der Waals surface area contributed by atoms with E-state index in [-0.39, 0.29) is 18.2 Å². The van der Waals surface area contributed by atoms with E-state index in [9.17, 15) is 9.59 Å². The SMILES string of the molecule is CCN=C1N(CCCc2ccccc2)CC(=O)[C@H](CC(C)C)N1OC(=O)OC(C)(C)C. The molecular weight excluding hydrogens is 394 g/mol. The maximum atomic E-state index is 13.0. The minimum Gasteiger partial charge on any atom is -0.427 e. The Morgan fingerprint density at radius 3 is 2.48 bits per heavy atom. The summed E-state index contributed by atoms with van der Waals surface area (Å²) in [7, 11) is 0. The quantitative estimate of drug-likeness (QED) is 0.566. The number of benzene rings is 1. The van der Waals surface area contributed by atoms with E-state index in [0.29, 0.717) is 25.5 Å². The van der Waals surface area contributed by atoms with Crippen LogP contribution in [0.25, 0.3) is 0 Å². The fraction of sp³-hybridized carbons (Fsp3) is 0.625. The Hall–Kier alpha value is -2.57. The summed E-state index contributed by atoms with van der Waals surface area (Å²) in [5.41, 5.74) is 0.557. The summed E-state index contributed by atoms with van der Waals surface area (Å²) < 4.78 is 5.34. The summed E-state index contributed by atoms with van der Waals surface area (Å²) in [4.78, 5) is 37.6. The average Bonchev–Trinajstić information content (AvgIpc) is 2.66. The highest BCUT2D eigenvalue weighted by Crippen LogP contribution is 2.23. The van der Waals surface area contributed by atoms with E-state index in [1.54, 1.807) is 20.8 Å². The zero-order chi connectivity index (χ0) is 23.0. The Bertz CT molecular complexity index is 756. The van der Waals surface area contributed by atoms with Gasteiger partial charge in [0.2, 0.25) is 5.96 Å². The van der Waals surface area contributed by atoms with E-state index in [4.69, 9.17) is 9.57 Å². The minimum atomic E-state index is -0.830. The third kappa shape index (κ3) is 7.89. The first-order valence-corrected chi connectivity index (χ1v) is 11.2. The molecule has 31 heavy (non-hydrogen) atoms. The lowest BCUT2D eigenvalue weighted by molar-refractivity contribution is -0.156. The maximum Gasteiger partial charge on any atom is 0.534 e. The number of carbonyl (C=O) groups excluding carboxylic acids is 2. The van der Waals surface area contributed by atoms with Crippen LogP contribution < -0.4 is 0 Å². The lowest BCUT2D eigenvalue weighted by Crippen LogP contribution is -2.61. The van der Waals surface area contributed by atoms with Gasteiger partial charge in [0.05, 0.1) is 6.54 Å². The molecule has 7 heteroatoms. The van der Waals surface area contributed by atoms with Crippen molar-refractivity contribution in [3.8, 4) is 0 Å². The van der Waals surface area contributed by atoms with Gasteiger partial charge >= 0.3 is 6.16 Å². The summed E-state index contributed by atoms with van der Waals surface area (Å²) >= 11 is 0. The Morgan fingerprint density at radius 1 is 1.23 bits per heavy atom. The van der Waals surface area contributed by atoms with Crippen LogP contribution in [0.4, 0.5) is 4.79 Å². The van der Waals surface area contributed by atoms with Crippen molar-refractivity contribution >= 4 is 17.9 Å². The first kappa shape index (κ1) is 24.7. The van der Waals surface area contributed by atoms with Gasteiger partial charge in [-0.1, -0.05) is 44.2 Å². The Labute approximate surface area is 186 Å². The topological polar surface area (TPSA) is 71.4 Å². The number of hydroxylamine groups is 2. The van der Waals surface area contributed by atoms with E-state index >= 15 is 0 Å². The standard InChI is InChI=1S/C24H37N3O4/c1-7-25-22-26(15-11-14-19-12-9-8-10-13-19)17-21(28)20(16-18(2)3)27(22)31-23(29)30-24(4,5)6/h8-10,12-13,18,20H,7,11,14-17H2,1-6H3/t20-/m0/s1. The van der Waals surface area contributed by atoms with Crippen LogP contribution >= 0.6 is 0 Å². The van der Waals surface area contributed by atoms with Crippen LogP contribution in [-0.2, 0) is 20.8 Å². The van der Waals surface area contributed by atoms with Gasteiger partial charge in [0, 0.05) is 13.1 Å². The number of nitrogens with zero attached hydrogens (tertiary/aromatic N) is 3. The van der Waals surface area contributed by atoms with Crippen molar-refractivity contribution in [2.24, 2.45) is 10.9 Å². The smallest absolute Gasteiger partial charge is 0.427 e. The number of ketones is 1. The molecule has 2 rings (SSSR count). The first-order chi connectivity index (χ1) is 14.6. The Balaban J connectivity index is 2.20. The van der Waals surface area contributed by atoms with Crippen LogP contribution in [0.2, 0.25) is 0 Å². The summed E-state index contributed by atoms with van der Waals surface area (Å²) in [6, 6.07) is 9.67. The van der Waals surface area contributed by atoms with Crippen LogP contribution in [0.3, 0.4) is 0 Å². The molecule has 0 amide bonds. The number of guanidine groups is 1. The third-order valence-electron chi connectivity index (χ3n) is 4.77. The molecule has 172 valence electrons. The number of ether oxygens (including phenoxy) is 1. The highest BCUT2D eigenvalue weighted by atomic mass is 16.8. The highest BCUT2D eigenvalue weighted by Gasteiger charge is 2.41. The Morgan fingerprint density at radius 2 is 1.90 bits per heavy atom. The predicted octanol–water partition coefficient (Wildman–Crippen LogP) is 4.46. The maximum absolute atomic E-state index is 13.0. The van der Waals surface area contributed by atoms with Crippen LogP contribution in [0.15, 0.2) is 35.3 Å². The summed E-state index contributed by atoms with van der Waals surface area (Å²) in [5, 5.41) is 1.38. The van der Waals surface area contributed by atoms with Crippen molar-refractivity contribution in [3.63, 3.8) is 0 Å². The second kappa shape index (κ2) is 11.2. The normalized spacial score (nSPS) is 18.6. The van der Waals surface area contributed by atoms with Crippen molar-refractivity contribution in [2.45, 2.75) is 72.4 Å².